The van der Waals surface area contributed by atoms with E-state index in [4.69, 9.17) is 4.74 Å². The Hall–Kier alpha value is -0.170. The van der Waals surface area contributed by atoms with Gasteiger partial charge >= 0.3 is 0 Å². The van der Waals surface area contributed by atoms with Crippen LogP contribution < -0.4 is 5.32 Å². The summed E-state index contributed by atoms with van der Waals surface area (Å²) in [4.78, 5) is 0. The van der Waals surface area contributed by atoms with Gasteiger partial charge in [-0.2, -0.15) is 4.31 Å². The van der Waals surface area contributed by atoms with Crippen LogP contribution in [0.15, 0.2) is 0 Å². The lowest BCUT2D eigenvalue weighted by Crippen LogP contribution is -2.58. The van der Waals surface area contributed by atoms with Crippen LogP contribution in [0.3, 0.4) is 0 Å². The number of morpholine rings is 1. The van der Waals surface area contributed by atoms with E-state index >= 15 is 0 Å². The molecule has 0 aromatic heterocycles. The smallest absolute Gasteiger partial charge is 0.214 e. The predicted molar refractivity (Wildman–Crippen MR) is 87.0 cm³/mol. The fraction of sp³-hybridized carbons (Fsp3) is 1.00. The van der Waals surface area contributed by atoms with Crippen LogP contribution in [-0.4, -0.2) is 55.9 Å². The minimum Gasteiger partial charge on any atom is -0.367 e. The Balaban J connectivity index is 2.50. The van der Waals surface area contributed by atoms with Crippen LogP contribution in [0, 0.1) is 0 Å². The van der Waals surface area contributed by atoms with Crippen LogP contribution >= 0.6 is 0 Å². The molecule has 1 aliphatic heterocycles. The van der Waals surface area contributed by atoms with Gasteiger partial charge in [0.05, 0.1) is 17.0 Å². The van der Waals surface area contributed by atoms with Crippen molar-refractivity contribution < 1.29 is 13.2 Å². The van der Waals surface area contributed by atoms with Crippen LogP contribution in [0.1, 0.15) is 53.9 Å². The molecule has 0 aromatic rings. The van der Waals surface area contributed by atoms with Crippen molar-refractivity contribution in [2.75, 3.05) is 31.9 Å². The molecule has 1 N–H and O–H groups in total. The molecular weight excluding hydrogens is 288 g/mol. The first-order valence-corrected chi connectivity index (χ1v) is 9.58. The lowest BCUT2D eigenvalue weighted by atomic mass is 10.0. The van der Waals surface area contributed by atoms with Gasteiger partial charge in [0.15, 0.2) is 0 Å². The fourth-order valence-electron chi connectivity index (χ4n) is 2.88. The first-order valence-electron chi connectivity index (χ1n) is 7.97. The summed E-state index contributed by atoms with van der Waals surface area (Å²) in [5, 5.41) is 3.30. The second-order valence-electron chi connectivity index (χ2n) is 7.16. The summed E-state index contributed by atoms with van der Waals surface area (Å²) in [6, 6.07) is 0. The number of hydrogen-bond donors (Lipinski definition) is 1. The standard InChI is InChI=1S/C15H32N2O3S/c1-6-9-16-10-7-8-11-21(18,19)17-12-14(2,3)20-15(4,5)13-17/h16H,6-13H2,1-5H3. The van der Waals surface area contributed by atoms with Crippen molar-refractivity contribution in [2.24, 2.45) is 0 Å². The fourth-order valence-corrected chi connectivity index (χ4v) is 4.72. The molecule has 1 rings (SSSR count). The first kappa shape index (κ1) is 18.9. The summed E-state index contributed by atoms with van der Waals surface area (Å²) in [6.45, 7) is 12.7. The molecule has 5 nitrogen and oxygen atoms in total. The highest BCUT2D eigenvalue weighted by atomic mass is 32.2. The zero-order chi connectivity index (χ0) is 16.1. The molecule has 6 heteroatoms. The Labute approximate surface area is 130 Å². The van der Waals surface area contributed by atoms with E-state index < -0.39 is 21.2 Å². The van der Waals surface area contributed by atoms with E-state index in [1.54, 1.807) is 4.31 Å². The summed E-state index contributed by atoms with van der Waals surface area (Å²) in [5.41, 5.74) is -0.866. The molecule has 0 saturated carbocycles. The summed E-state index contributed by atoms with van der Waals surface area (Å²) in [5.74, 6) is 0.229. The summed E-state index contributed by atoms with van der Waals surface area (Å²) >= 11 is 0. The maximum absolute atomic E-state index is 12.5. The molecule has 0 radical (unpaired) electrons. The highest BCUT2D eigenvalue weighted by Crippen LogP contribution is 2.29. The first-order chi connectivity index (χ1) is 9.58. The van der Waals surface area contributed by atoms with E-state index in [1.807, 2.05) is 27.7 Å². The Bertz CT molecular complexity index is 403. The second kappa shape index (κ2) is 7.40. The molecule has 0 aliphatic carbocycles. The number of nitrogens with one attached hydrogen (secondary N) is 1. The molecule has 1 aliphatic rings. The monoisotopic (exact) mass is 320 g/mol. The summed E-state index contributed by atoms with van der Waals surface area (Å²) < 4.78 is 32.5. The molecule has 21 heavy (non-hydrogen) atoms. The van der Waals surface area contributed by atoms with E-state index in [9.17, 15) is 8.42 Å². The van der Waals surface area contributed by atoms with Crippen LogP contribution in [0.25, 0.3) is 0 Å². The molecule has 0 aromatic carbocycles. The van der Waals surface area contributed by atoms with Crippen LogP contribution in [-0.2, 0) is 14.8 Å². The van der Waals surface area contributed by atoms with Gasteiger partial charge in [-0.05, 0) is 60.0 Å². The largest absolute Gasteiger partial charge is 0.367 e. The third kappa shape index (κ3) is 6.63. The van der Waals surface area contributed by atoms with E-state index in [0.29, 0.717) is 19.5 Å². The average Bonchev–Trinajstić information content (AvgIpc) is 2.29. The van der Waals surface area contributed by atoms with Gasteiger partial charge in [-0.1, -0.05) is 6.92 Å². The molecule has 1 saturated heterocycles. The Morgan fingerprint density at radius 1 is 1.05 bits per heavy atom. The minimum absolute atomic E-state index is 0.229. The zero-order valence-corrected chi connectivity index (χ0v) is 15.1. The van der Waals surface area contributed by atoms with Crippen LogP contribution in [0.5, 0.6) is 0 Å². The van der Waals surface area contributed by atoms with Gasteiger partial charge in [0.25, 0.3) is 0 Å². The average molecular weight is 320 g/mol. The topological polar surface area (TPSA) is 58.6 Å². The number of nitrogens with zero attached hydrogens (tertiary/aromatic N) is 1. The third-order valence-corrected chi connectivity index (χ3v) is 5.34. The van der Waals surface area contributed by atoms with Gasteiger partial charge in [0.1, 0.15) is 0 Å². The molecule has 1 fully saturated rings. The Kier molecular flexibility index (Phi) is 6.65. The van der Waals surface area contributed by atoms with Crippen molar-refractivity contribution in [2.45, 2.75) is 65.1 Å². The van der Waals surface area contributed by atoms with Crippen LogP contribution in [0.2, 0.25) is 0 Å². The van der Waals surface area contributed by atoms with Gasteiger partial charge in [-0.3, -0.25) is 0 Å². The van der Waals surface area contributed by atoms with Gasteiger partial charge in [0.2, 0.25) is 10.0 Å². The zero-order valence-electron chi connectivity index (χ0n) is 14.2. The van der Waals surface area contributed by atoms with Crippen molar-refractivity contribution in [3.8, 4) is 0 Å². The number of hydrogen-bond acceptors (Lipinski definition) is 4. The quantitative estimate of drug-likeness (QED) is 0.695. The number of rotatable bonds is 8. The lowest BCUT2D eigenvalue weighted by Gasteiger charge is -2.46. The van der Waals surface area contributed by atoms with E-state index in [1.165, 1.54) is 0 Å². The number of unbranched alkanes of at least 4 members (excludes halogenated alkanes) is 1. The summed E-state index contributed by atoms with van der Waals surface area (Å²) in [6.07, 6.45) is 2.71. The molecule has 0 spiro atoms. The van der Waals surface area contributed by atoms with Gasteiger partial charge in [-0.15, -0.1) is 0 Å². The van der Waals surface area contributed by atoms with Gasteiger partial charge in [-0.25, -0.2) is 8.42 Å². The molecule has 0 bridgehead atoms. The Morgan fingerprint density at radius 3 is 2.14 bits per heavy atom. The molecule has 0 atom stereocenters. The molecule has 0 amide bonds. The van der Waals surface area contributed by atoms with Crippen molar-refractivity contribution in [1.82, 2.24) is 9.62 Å². The minimum atomic E-state index is -3.19. The van der Waals surface area contributed by atoms with Crippen molar-refractivity contribution in [3.63, 3.8) is 0 Å². The Morgan fingerprint density at radius 2 is 1.62 bits per heavy atom. The second-order valence-corrected chi connectivity index (χ2v) is 9.25. The molecular formula is C15H32N2O3S. The highest BCUT2D eigenvalue weighted by Gasteiger charge is 2.42. The molecule has 0 unspecified atom stereocenters. The SMILES string of the molecule is CCCNCCCCS(=O)(=O)N1CC(C)(C)OC(C)(C)C1. The van der Waals surface area contributed by atoms with Crippen molar-refractivity contribution in [3.05, 3.63) is 0 Å². The maximum atomic E-state index is 12.5. The maximum Gasteiger partial charge on any atom is 0.214 e. The third-order valence-electron chi connectivity index (χ3n) is 3.49. The molecule has 126 valence electrons. The lowest BCUT2D eigenvalue weighted by molar-refractivity contribution is -0.163. The predicted octanol–water partition coefficient (Wildman–Crippen LogP) is 1.99. The van der Waals surface area contributed by atoms with Crippen molar-refractivity contribution >= 4 is 10.0 Å². The van der Waals surface area contributed by atoms with Crippen LogP contribution in [0.4, 0.5) is 0 Å². The number of sulfonamides is 1. The normalized spacial score (nSPS) is 22.3. The molecule has 1 heterocycles. The van der Waals surface area contributed by atoms with Gasteiger partial charge in [0, 0.05) is 13.1 Å². The summed E-state index contributed by atoms with van der Waals surface area (Å²) in [7, 11) is -3.19. The van der Waals surface area contributed by atoms with Crippen molar-refractivity contribution in [1.29, 1.82) is 0 Å². The van der Waals surface area contributed by atoms with Gasteiger partial charge < -0.3 is 10.1 Å². The van der Waals surface area contributed by atoms with E-state index in [2.05, 4.69) is 12.2 Å². The van der Waals surface area contributed by atoms with E-state index in [0.717, 1.165) is 25.9 Å². The number of ether oxygens (including phenoxy) is 1. The van der Waals surface area contributed by atoms with E-state index in [-0.39, 0.29) is 5.75 Å². The highest BCUT2D eigenvalue weighted by molar-refractivity contribution is 7.89.